The molecule has 1 rings (SSSR count). The molecular weight excluding hydrogens is 250 g/mol. The summed E-state index contributed by atoms with van der Waals surface area (Å²) in [6.45, 7) is 13.0. The predicted molar refractivity (Wildman–Crippen MR) is 84.5 cm³/mol. The first-order valence-electron chi connectivity index (χ1n) is 7.39. The summed E-state index contributed by atoms with van der Waals surface area (Å²) in [5.41, 5.74) is 1.97. The number of rotatable bonds is 7. The zero-order valence-corrected chi connectivity index (χ0v) is 13.7. The minimum atomic E-state index is -0.422. The molecule has 1 atom stereocenters. The molecule has 0 aliphatic heterocycles. The van der Waals surface area contributed by atoms with Crippen LogP contribution in [0.3, 0.4) is 0 Å². The van der Waals surface area contributed by atoms with Gasteiger partial charge in [0.05, 0.1) is 12.1 Å². The van der Waals surface area contributed by atoms with E-state index in [1.807, 2.05) is 13.8 Å². The lowest BCUT2D eigenvalue weighted by Crippen LogP contribution is -2.53. The normalized spacial score (nSPS) is 14.7. The van der Waals surface area contributed by atoms with Crippen LogP contribution in [0.15, 0.2) is 18.2 Å². The first-order chi connectivity index (χ1) is 9.27. The molecule has 0 amide bonds. The molecule has 0 saturated carbocycles. The molecule has 0 saturated heterocycles. The zero-order chi connectivity index (χ0) is 15.3. The molecule has 0 bridgehead atoms. The Morgan fingerprint density at radius 2 is 1.90 bits per heavy atom. The monoisotopic (exact) mass is 279 g/mol. The standard InChI is InChI=1S/C17H29NO2/c1-12(2)15-8-7-14(5)16(9-15)20-11-17(6,10-19)18-13(3)4/h7-9,12-13,18-19H,10-11H2,1-6H3. The van der Waals surface area contributed by atoms with Gasteiger partial charge in [0.25, 0.3) is 0 Å². The number of ether oxygens (including phenoxy) is 1. The smallest absolute Gasteiger partial charge is 0.122 e. The summed E-state index contributed by atoms with van der Waals surface area (Å²) in [4.78, 5) is 0. The summed E-state index contributed by atoms with van der Waals surface area (Å²) < 4.78 is 5.96. The molecule has 0 spiro atoms. The summed E-state index contributed by atoms with van der Waals surface area (Å²) in [5.74, 6) is 1.39. The van der Waals surface area contributed by atoms with E-state index in [-0.39, 0.29) is 6.61 Å². The Kier molecular flexibility index (Phi) is 6.03. The highest BCUT2D eigenvalue weighted by atomic mass is 16.5. The highest BCUT2D eigenvalue weighted by Gasteiger charge is 2.25. The largest absolute Gasteiger partial charge is 0.491 e. The van der Waals surface area contributed by atoms with Gasteiger partial charge in [0, 0.05) is 6.04 Å². The second kappa shape index (κ2) is 7.09. The summed E-state index contributed by atoms with van der Waals surface area (Å²) in [6.07, 6.45) is 0. The fourth-order valence-corrected chi connectivity index (χ4v) is 2.20. The summed E-state index contributed by atoms with van der Waals surface area (Å²) in [6, 6.07) is 6.65. The van der Waals surface area contributed by atoms with Gasteiger partial charge in [0.15, 0.2) is 0 Å². The molecular formula is C17H29NO2. The van der Waals surface area contributed by atoms with Crippen LogP contribution in [-0.4, -0.2) is 29.9 Å². The van der Waals surface area contributed by atoms with E-state index in [1.54, 1.807) is 0 Å². The molecule has 0 aliphatic rings. The first kappa shape index (κ1) is 17.0. The third-order valence-electron chi connectivity index (χ3n) is 3.41. The Morgan fingerprint density at radius 3 is 2.40 bits per heavy atom. The number of aliphatic hydroxyl groups excluding tert-OH is 1. The fraction of sp³-hybridized carbons (Fsp3) is 0.647. The van der Waals surface area contributed by atoms with Crippen molar-refractivity contribution in [2.45, 2.75) is 59.0 Å². The second-order valence-corrected chi connectivity index (χ2v) is 6.49. The highest BCUT2D eigenvalue weighted by Crippen LogP contribution is 2.25. The van der Waals surface area contributed by atoms with Crippen LogP contribution in [-0.2, 0) is 0 Å². The van der Waals surface area contributed by atoms with Gasteiger partial charge in [-0.25, -0.2) is 0 Å². The van der Waals surface area contributed by atoms with Crippen LogP contribution < -0.4 is 10.1 Å². The van der Waals surface area contributed by atoms with Crippen LogP contribution in [0.2, 0.25) is 0 Å². The van der Waals surface area contributed by atoms with Gasteiger partial charge in [-0.2, -0.15) is 0 Å². The molecule has 3 nitrogen and oxygen atoms in total. The molecule has 0 aromatic heterocycles. The summed E-state index contributed by atoms with van der Waals surface area (Å²) in [7, 11) is 0. The summed E-state index contributed by atoms with van der Waals surface area (Å²) in [5, 5.41) is 12.9. The van der Waals surface area contributed by atoms with E-state index in [2.05, 4.69) is 51.2 Å². The van der Waals surface area contributed by atoms with Gasteiger partial charge in [0.1, 0.15) is 12.4 Å². The maximum Gasteiger partial charge on any atom is 0.122 e. The van der Waals surface area contributed by atoms with E-state index >= 15 is 0 Å². The van der Waals surface area contributed by atoms with E-state index < -0.39 is 5.54 Å². The van der Waals surface area contributed by atoms with E-state index in [4.69, 9.17) is 4.74 Å². The van der Waals surface area contributed by atoms with Crippen LogP contribution in [0.5, 0.6) is 5.75 Å². The average molecular weight is 279 g/mol. The van der Waals surface area contributed by atoms with Crippen molar-refractivity contribution in [2.24, 2.45) is 0 Å². The van der Waals surface area contributed by atoms with Crippen molar-refractivity contribution in [3.8, 4) is 5.75 Å². The Balaban J connectivity index is 2.80. The van der Waals surface area contributed by atoms with Gasteiger partial charge in [-0.05, 0) is 37.0 Å². The third kappa shape index (κ3) is 4.80. The number of nitrogens with one attached hydrogen (secondary N) is 1. The zero-order valence-electron chi connectivity index (χ0n) is 13.7. The second-order valence-electron chi connectivity index (χ2n) is 6.49. The predicted octanol–water partition coefficient (Wildman–Crippen LogP) is 3.25. The van der Waals surface area contributed by atoms with Gasteiger partial charge in [-0.1, -0.05) is 39.8 Å². The van der Waals surface area contributed by atoms with Crippen molar-refractivity contribution in [1.82, 2.24) is 5.32 Å². The van der Waals surface area contributed by atoms with Crippen LogP contribution >= 0.6 is 0 Å². The lowest BCUT2D eigenvalue weighted by Gasteiger charge is -2.31. The number of hydrogen-bond donors (Lipinski definition) is 2. The van der Waals surface area contributed by atoms with Gasteiger partial charge in [-0.15, -0.1) is 0 Å². The lowest BCUT2D eigenvalue weighted by atomic mass is 10.0. The molecule has 0 fully saturated rings. The van der Waals surface area contributed by atoms with Crippen molar-refractivity contribution in [3.63, 3.8) is 0 Å². The third-order valence-corrected chi connectivity index (χ3v) is 3.41. The topological polar surface area (TPSA) is 41.5 Å². The van der Waals surface area contributed by atoms with Gasteiger partial charge in [-0.3, -0.25) is 0 Å². The SMILES string of the molecule is Cc1ccc(C(C)C)cc1OCC(C)(CO)NC(C)C. The van der Waals surface area contributed by atoms with E-state index in [0.717, 1.165) is 11.3 Å². The summed E-state index contributed by atoms with van der Waals surface area (Å²) >= 11 is 0. The van der Waals surface area contributed by atoms with Crippen LogP contribution in [0.25, 0.3) is 0 Å². The van der Waals surface area contributed by atoms with E-state index in [1.165, 1.54) is 5.56 Å². The molecule has 3 heteroatoms. The van der Waals surface area contributed by atoms with Crippen molar-refractivity contribution in [1.29, 1.82) is 0 Å². The Hall–Kier alpha value is -1.06. The van der Waals surface area contributed by atoms with E-state index in [0.29, 0.717) is 18.6 Å². The maximum atomic E-state index is 9.58. The van der Waals surface area contributed by atoms with Crippen molar-refractivity contribution in [3.05, 3.63) is 29.3 Å². The van der Waals surface area contributed by atoms with E-state index in [9.17, 15) is 5.11 Å². The molecule has 0 heterocycles. The number of hydrogen-bond acceptors (Lipinski definition) is 3. The highest BCUT2D eigenvalue weighted by molar-refractivity contribution is 5.37. The number of aryl methyl sites for hydroxylation is 1. The Morgan fingerprint density at radius 1 is 1.25 bits per heavy atom. The quantitative estimate of drug-likeness (QED) is 0.805. The molecule has 114 valence electrons. The number of aliphatic hydroxyl groups is 1. The maximum absolute atomic E-state index is 9.58. The average Bonchev–Trinajstić information content (AvgIpc) is 2.36. The van der Waals surface area contributed by atoms with Crippen LogP contribution in [0.4, 0.5) is 0 Å². The van der Waals surface area contributed by atoms with Crippen LogP contribution in [0.1, 0.15) is 51.7 Å². The minimum absolute atomic E-state index is 0.0497. The number of benzene rings is 1. The fourth-order valence-electron chi connectivity index (χ4n) is 2.20. The minimum Gasteiger partial charge on any atom is -0.491 e. The molecule has 0 radical (unpaired) electrons. The van der Waals surface area contributed by atoms with Crippen molar-refractivity contribution < 1.29 is 9.84 Å². The Bertz CT molecular complexity index is 429. The molecule has 1 aromatic carbocycles. The van der Waals surface area contributed by atoms with Crippen molar-refractivity contribution in [2.75, 3.05) is 13.2 Å². The molecule has 2 N–H and O–H groups in total. The molecule has 20 heavy (non-hydrogen) atoms. The van der Waals surface area contributed by atoms with Crippen molar-refractivity contribution >= 4 is 0 Å². The molecule has 0 aliphatic carbocycles. The Labute approximate surface area is 123 Å². The lowest BCUT2D eigenvalue weighted by molar-refractivity contribution is 0.108. The van der Waals surface area contributed by atoms with Gasteiger partial charge < -0.3 is 15.2 Å². The van der Waals surface area contributed by atoms with Gasteiger partial charge in [0.2, 0.25) is 0 Å². The molecule has 1 aromatic rings. The van der Waals surface area contributed by atoms with Crippen LogP contribution in [0, 0.1) is 6.92 Å². The molecule has 1 unspecified atom stereocenters. The van der Waals surface area contributed by atoms with Gasteiger partial charge >= 0.3 is 0 Å². The first-order valence-corrected chi connectivity index (χ1v) is 7.39.